The number of Topliss-reactive ketones (excluding diaryl/α,β-unsaturated/α-hetero) is 1. The smallest absolute Gasteiger partial charge is 0.324 e. The number of benzene rings is 1. The molecular formula is C13H12F2N2O3. The quantitative estimate of drug-likeness (QED) is 0.674. The van der Waals surface area contributed by atoms with Crippen molar-refractivity contribution in [2.45, 2.75) is 19.4 Å². The zero-order chi connectivity index (χ0) is 15.1. The fourth-order valence-corrected chi connectivity index (χ4v) is 1.90. The second kappa shape index (κ2) is 4.66. The zero-order valence-electron chi connectivity index (χ0n) is 10.9. The van der Waals surface area contributed by atoms with Gasteiger partial charge in [-0.2, -0.15) is 0 Å². The number of carbonyl (C=O) groups excluding carboxylic acids is 3. The number of ketones is 1. The monoisotopic (exact) mass is 282 g/mol. The lowest BCUT2D eigenvalue weighted by atomic mass is 10.1. The lowest BCUT2D eigenvalue weighted by molar-refractivity contribution is -0.129. The molecule has 1 aliphatic heterocycles. The van der Waals surface area contributed by atoms with Crippen molar-refractivity contribution in [3.63, 3.8) is 0 Å². The lowest BCUT2D eigenvalue weighted by Crippen LogP contribution is -2.41. The van der Waals surface area contributed by atoms with E-state index in [0.29, 0.717) is 4.90 Å². The molecule has 5 nitrogen and oxygen atoms in total. The first kappa shape index (κ1) is 14.1. The number of imide groups is 1. The van der Waals surface area contributed by atoms with Crippen molar-refractivity contribution in [2.75, 3.05) is 6.54 Å². The van der Waals surface area contributed by atoms with E-state index < -0.39 is 47.0 Å². The van der Waals surface area contributed by atoms with Crippen molar-refractivity contribution in [3.8, 4) is 0 Å². The van der Waals surface area contributed by atoms with Crippen molar-refractivity contribution >= 4 is 17.7 Å². The van der Waals surface area contributed by atoms with E-state index in [2.05, 4.69) is 5.32 Å². The third-order valence-electron chi connectivity index (χ3n) is 2.97. The van der Waals surface area contributed by atoms with Gasteiger partial charge in [-0.15, -0.1) is 0 Å². The number of halogens is 2. The molecule has 3 amide bonds. The molecular weight excluding hydrogens is 270 g/mol. The largest absolute Gasteiger partial charge is 0.325 e. The van der Waals surface area contributed by atoms with Gasteiger partial charge in [-0.1, -0.05) is 0 Å². The minimum atomic E-state index is -1.11. The van der Waals surface area contributed by atoms with Crippen molar-refractivity contribution in [1.82, 2.24) is 10.2 Å². The van der Waals surface area contributed by atoms with Crippen LogP contribution in [-0.2, 0) is 4.79 Å². The van der Waals surface area contributed by atoms with Gasteiger partial charge in [-0.05, 0) is 32.0 Å². The molecule has 0 spiro atoms. The van der Waals surface area contributed by atoms with Crippen LogP contribution in [0.5, 0.6) is 0 Å². The molecule has 0 aromatic heterocycles. The van der Waals surface area contributed by atoms with Gasteiger partial charge < -0.3 is 5.32 Å². The summed E-state index contributed by atoms with van der Waals surface area (Å²) < 4.78 is 26.5. The van der Waals surface area contributed by atoms with Crippen LogP contribution in [-0.4, -0.2) is 34.7 Å². The minimum absolute atomic E-state index is 0.490. The summed E-state index contributed by atoms with van der Waals surface area (Å²) in [6.45, 7) is 2.34. The number of nitrogens with zero attached hydrogens (tertiary/aromatic N) is 1. The van der Waals surface area contributed by atoms with Gasteiger partial charge in [-0.3, -0.25) is 14.5 Å². The Kier molecular flexibility index (Phi) is 3.29. The molecule has 1 aromatic carbocycles. The van der Waals surface area contributed by atoms with Gasteiger partial charge in [0.25, 0.3) is 5.91 Å². The number of nitrogens with one attached hydrogen (secondary N) is 1. The predicted molar refractivity (Wildman–Crippen MR) is 65.0 cm³/mol. The van der Waals surface area contributed by atoms with Crippen LogP contribution in [0.2, 0.25) is 0 Å². The molecule has 106 valence electrons. The zero-order valence-corrected chi connectivity index (χ0v) is 10.9. The minimum Gasteiger partial charge on any atom is -0.324 e. The second-order valence-corrected chi connectivity index (χ2v) is 4.99. The van der Waals surface area contributed by atoms with Gasteiger partial charge in [-0.25, -0.2) is 13.6 Å². The van der Waals surface area contributed by atoms with Gasteiger partial charge in [0.05, 0.1) is 12.1 Å². The Balaban J connectivity index is 2.22. The predicted octanol–water partition coefficient (Wildman–Crippen LogP) is 1.48. The van der Waals surface area contributed by atoms with Gasteiger partial charge in [0, 0.05) is 0 Å². The number of carbonyl (C=O) groups is 3. The maximum Gasteiger partial charge on any atom is 0.325 e. The average molecular weight is 282 g/mol. The highest BCUT2D eigenvalue weighted by Crippen LogP contribution is 2.18. The maximum atomic E-state index is 13.4. The molecule has 1 aliphatic rings. The van der Waals surface area contributed by atoms with Crippen molar-refractivity contribution < 1.29 is 23.2 Å². The van der Waals surface area contributed by atoms with Crippen molar-refractivity contribution in [2.24, 2.45) is 0 Å². The Bertz CT molecular complexity index is 614. The highest BCUT2D eigenvalue weighted by atomic mass is 19.1. The third-order valence-corrected chi connectivity index (χ3v) is 2.97. The van der Waals surface area contributed by atoms with Crippen LogP contribution < -0.4 is 5.32 Å². The number of rotatable bonds is 3. The molecule has 0 unspecified atom stereocenters. The van der Waals surface area contributed by atoms with Crippen LogP contribution in [0.25, 0.3) is 0 Å². The van der Waals surface area contributed by atoms with Crippen LogP contribution in [0.15, 0.2) is 18.2 Å². The molecule has 0 atom stereocenters. The standard InChI is InChI=1S/C13H12F2N2O3/c1-13(2)11(19)17(12(20)16-13)6-10(18)8-5-7(14)3-4-9(8)15/h3-5H,6H2,1-2H3,(H,16,20). The number of hydrogen-bond donors (Lipinski definition) is 1. The van der Waals surface area contributed by atoms with Gasteiger partial charge in [0.1, 0.15) is 17.2 Å². The van der Waals surface area contributed by atoms with Gasteiger partial charge in [0.2, 0.25) is 0 Å². The summed E-state index contributed by atoms with van der Waals surface area (Å²) in [6, 6.07) is 1.70. The summed E-state index contributed by atoms with van der Waals surface area (Å²) in [6.07, 6.45) is 0. The van der Waals surface area contributed by atoms with E-state index in [4.69, 9.17) is 0 Å². The lowest BCUT2D eigenvalue weighted by Gasteiger charge is -2.15. The number of hydrogen-bond acceptors (Lipinski definition) is 3. The highest BCUT2D eigenvalue weighted by molar-refractivity contribution is 6.10. The molecule has 1 fully saturated rings. The molecule has 20 heavy (non-hydrogen) atoms. The SMILES string of the molecule is CC1(C)NC(=O)N(CC(=O)c2cc(F)ccc2F)C1=O. The van der Waals surface area contributed by atoms with Gasteiger partial charge >= 0.3 is 6.03 Å². The normalized spacial score (nSPS) is 17.3. The van der Waals surface area contributed by atoms with Crippen LogP contribution in [0, 0.1) is 11.6 Å². The molecule has 0 saturated carbocycles. The van der Waals surface area contributed by atoms with Crippen LogP contribution in [0.3, 0.4) is 0 Å². The average Bonchev–Trinajstić information content (AvgIpc) is 2.54. The summed E-state index contributed by atoms with van der Waals surface area (Å²) in [4.78, 5) is 36.1. The molecule has 1 heterocycles. The number of urea groups is 1. The molecule has 0 aliphatic carbocycles. The van der Waals surface area contributed by atoms with E-state index in [1.165, 1.54) is 13.8 Å². The Morgan fingerprint density at radius 1 is 1.30 bits per heavy atom. The second-order valence-electron chi connectivity index (χ2n) is 4.99. The molecule has 0 bridgehead atoms. The Morgan fingerprint density at radius 3 is 2.50 bits per heavy atom. The summed E-state index contributed by atoms with van der Waals surface area (Å²) in [7, 11) is 0. The van der Waals surface area contributed by atoms with E-state index >= 15 is 0 Å². The Hall–Kier alpha value is -2.31. The third kappa shape index (κ3) is 2.38. The molecule has 1 aromatic rings. The van der Waals surface area contributed by atoms with Crippen LogP contribution in [0.1, 0.15) is 24.2 Å². The van der Waals surface area contributed by atoms with E-state index in [-0.39, 0.29) is 0 Å². The fraction of sp³-hybridized carbons (Fsp3) is 0.308. The number of amides is 3. The van der Waals surface area contributed by atoms with Crippen molar-refractivity contribution in [1.29, 1.82) is 0 Å². The summed E-state index contributed by atoms with van der Waals surface area (Å²) in [5.41, 5.74) is -1.60. The summed E-state index contributed by atoms with van der Waals surface area (Å²) in [5.74, 6) is -3.11. The summed E-state index contributed by atoms with van der Waals surface area (Å²) >= 11 is 0. The van der Waals surface area contributed by atoms with E-state index in [0.717, 1.165) is 18.2 Å². The first-order valence-corrected chi connectivity index (χ1v) is 5.85. The van der Waals surface area contributed by atoms with E-state index in [1.54, 1.807) is 0 Å². The highest BCUT2D eigenvalue weighted by Gasteiger charge is 2.45. The van der Waals surface area contributed by atoms with E-state index in [9.17, 15) is 23.2 Å². The molecule has 1 saturated heterocycles. The van der Waals surface area contributed by atoms with Crippen LogP contribution in [0.4, 0.5) is 13.6 Å². The van der Waals surface area contributed by atoms with Crippen molar-refractivity contribution in [3.05, 3.63) is 35.4 Å². The topological polar surface area (TPSA) is 66.5 Å². The fourth-order valence-electron chi connectivity index (χ4n) is 1.90. The molecule has 0 radical (unpaired) electrons. The first-order chi connectivity index (χ1) is 9.22. The molecule has 2 rings (SSSR count). The molecule has 7 heteroatoms. The first-order valence-electron chi connectivity index (χ1n) is 5.85. The Morgan fingerprint density at radius 2 is 1.95 bits per heavy atom. The molecule has 1 N–H and O–H groups in total. The maximum absolute atomic E-state index is 13.4. The van der Waals surface area contributed by atoms with Crippen LogP contribution >= 0.6 is 0 Å². The van der Waals surface area contributed by atoms with E-state index in [1.807, 2.05) is 0 Å². The Labute approximate surface area is 113 Å². The summed E-state index contributed by atoms with van der Waals surface area (Å²) in [5, 5.41) is 2.39. The van der Waals surface area contributed by atoms with Gasteiger partial charge in [0.15, 0.2) is 5.78 Å².